The van der Waals surface area contributed by atoms with Crippen molar-refractivity contribution < 1.29 is 0 Å². The molecule has 0 amide bonds. The number of aliphatic imine (C=N–C) groups is 2. The molecule has 3 aliphatic carbocycles. The first kappa shape index (κ1) is 11.0. The minimum absolute atomic E-state index is 0.137. The van der Waals surface area contributed by atoms with Gasteiger partial charge in [0.15, 0.2) is 0 Å². The Hall–Kier alpha value is -2.77. The molecule has 4 aliphatic rings. The van der Waals surface area contributed by atoms with E-state index in [0.29, 0.717) is 0 Å². The highest BCUT2D eigenvalue weighted by Gasteiger charge is 2.43. The zero-order valence-corrected chi connectivity index (χ0v) is 11.2. The van der Waals surface area contributed by atoms with Gasteiger partial charge in [-0.25, -0.2) is 4.99 Å². The van der Waals surface area contributed by atoms with Crippen molar-refractivity contribution in [1.82, 2.24) is 4.98 Å². The van der Waals surface area contributed by atoms with Gasteiger partial charge >= 0.3 is 0 Å². The van der Waals surface area contributed by atoms with Gasteiger partial charge in [-0.1, -0.05) is 24.3 Å². The first-order chi connectivity index (χ1) is 10.4. The van der Waals surface area contributed by atoms with E-state index < -0.39 is 0 Å². The third-order valence-electron chi connectivity index (χ3n) is 4.48. The molecule has 1 aromatic carbocycles. The Bertz CT molecular complexity index is 851. The second-order valence-electron chi connectivity index (χ2n) is 5.46. The lowest BCUT2D eigenvalue weighted by Gasteiger charge is -2.39. The summed E-state index contributed by atoms with van der Waals surface area (Å²) in [6.07, 6.45) is 7.39. The smallest absolute Gasteiger partial charge is 0.0846 e. The number of benzene rings is 1. The molecule has 3 nitrogen and oxygen atoms in total. The van der Waals surface area contributed by atoms with Crippen molar-refractivity contribution in [3.63, 3.8) is 0 Å². The van der Waals surface area contributed by atoms with Gasteiger partial charge in [-0.2, -0.15) is 0 Å². The topological polar surface area (TPSA) is 37.6 Å². The Morgan fingerprint density at radius 2 is 1.62 bits per heavy atom. The Balaban J connectivity index is 1.91. The van der Waals surface area contributed by atoms with Gasteiger partial charge in [0.1, 0.15) is 0 Å². The molecule has 0 radical (unpaired) electrons. The molecule has 21 heavy (non-hydrogen) atoms. The van der Waals surface area contributed by atoms with E-state index in [1.807, 2.05) is 12.4 Å². The van der Waals surface area contributed by atoms with Gasteiger partial charge in [0.2, 0.25) is 0 Å². The van der Waals surface area contributed by atoms with Gasteiger partial charge in [0.05, 0.1) is 23.2 Å². The summed E-state index contributed by atoms with van der Waals surface area (Å²) in [6, 6.07) is 10.7. The molecular weight excluding hydrogens is 258 g/mol. The second kappa shape index (κ2) is 3.87. The average molecular weight is 269 g/mol. The van der Waals surface area contributed by atoms with Crippen molar-refractivity contribution in [2.24, 2.45) is 9.98 Å². The van der Waals surface area contributed by atoms with Crippen LogP contribution in [0.5, 0.6) is 0 Å². The van der Waals surface area contributed by atoms with E-state index >= 15 is 0 Å². The molecule has 2 aromatic rings. The van der Waals surface area contributed by atoms with E-state index in [-0.39, 0.29) is 11.8 Å². The summed E-state index contributed by atoms with van der Waals surface area (Å²) in [5.41, 5.74) is 7.30. The highest BCUT2D eigenvalue weighted by Crippen LogP contribution is 2.55. The fraction of sp³-hybridized carbons (Fsp3) is 0.111. The van der Waals surface area contributed by atoms with Crippen LogP contribution in [0, 0.1) is 0 Å². The Morgan fingerprint density at radius 1 is 0.857 bits per heavy atom. The lowest BCUT2D eigenvalue weighted by atomic mass is 9.65. The third-order valence-corrected chi connectivity index (χ3v) is 4.48. The number of rotatable bonds is 0. The van der Waals surface area contributed by atoms with Gasteiger partial charge < -0.3 is 0 Å². The second-order valence-corrected chi connectivity index (χ2v) is 5.46. The van der Waals surface area contributed by atoms with Crippen LogP contribution in [0.2, 0.25) is 0 Å². The molecule has 0 spiro atoms. The van der Waals surface area contributed by atoms with Crippen LogP contribution in [-0.2, 0) is 0 Å². The summed E-state index contributed by atoms with van der Waals surface area (Å²) in [6.45, 7) is 0. The molecule has 2 bridgehead atoms. The summed E-state index contributed by atoms with van der Waals surface area (Å²) in [5.74, 6) is 3.26. The van der Waals surface area contributed by atoms with Crippen LogP contribution in [0.1, 0.15) is 34.1 Å². The highest BCUT2D eigenvalue weighted by molar-refractivity contribution is 5.86. The molecule has 0 fully saturated rings. The van der Waals surface area contributed by atoms with Crippen molar-refractivity contribution in [1.29, 1.82) is 0 Å². The van der Waals surface area contributed by atoms with Gasteiger partial charge in [0.25, 0.3) is 0 Å². The molecule has 3 heteroatoms. The Kier molecular flexibility index (Phi) is 2.02. The Morgan fingerprint density at radius 3 is 2.48 bits per heavy atom. The average Bonchev–Trinajstić information content (AvgIpc) is 2.80. The number of nitrogens with zero attached hydrogens (tertiary/aromatic N) is 3. The number of pyridine rings is 1. The molecule has 1 aliphatic heterocycles. The molecule has 2 unspecified atom stereocenters. The SMILES string of the molecule is C1=CC=NC2=C(N=1)C1c3ccccc3C2c2cnccc21. The lowest BCUT2D eigenvalue weighted by Crippen LogP contribution is -2.27. The molecule has 0 saturated carbocycles. The van der Waals surface area contributed by atoms with Crippen LogP contribution in [-0.4, -0.2) is 17.1 Å². The number of hydrogen-bond donors (Lipinski definition) is 0. The van der Waals surface area contributed by atoms with Crippen LogP contribution in [0.4, 0.5) is 0 Å². The van der Waals surface area contributed by atoms with Crippen molar-refractivity contribution in [3.8, 4) is 0 Å². The maximum Gasteiger partial charge on any atom is 0.0846 e. The first-order valence-electron chi connectivity index (χ1n) is 7.04. The molecular formula is C18H11N3. The molecule has 2 atom stereocenters. The van der Waals surface area contributed by atoms with Gasteiger partial charge in [0, 0.05) is 24.7 Å². The van der Waals surface area contributed by atoms with Crippen molar-refractivity contribution in [2.75, 3.05) is 0 Å². The normalized spacial score (nSPS) is 23.6. The Labute approximate surface area is 122 Å². The standard InChI is InChI=1S/C18H11N3/c1-2-5-12-11(4-1)15-13-6-9-19-10-14(13)16(12)18-17(15)20-7-3-8-21-18/h1-6,8-10,15-16H. The maximum absolute atomic E-state index is 4.64. The van der Waals surface area contributed by atoms with Crippen LogP contribution in [0.25, 0.3) is 0 Å². The van der Waals surface area contributed by atoms with Gasteiger partial charge in [-0.15, -0.1) is 0 Å². The largest absolute Gasteiger partial charge is 0.264 e. The summed E-state index contributed by atoms with van der Waals surface area (Å²) in [5, 5.41) is 0. The zero-order chi connectivity index (χ0) is 13.8. The predicted molar refractivity (Wildman–Crippen MR) is 81.9 cm³/mol. The van der Waals surface area contributed by atoms with Crippen molar-refractivity contribution in [3.05, 3.63) is 82.4 Å². The fourth-order valence-corrected chi connectivity index (χ4v) is 3.70. The van der Waals surface area contributed by atoms with Crippen molar-refractivity contribution in [2.45, 2.75) is 11.8 Å². The van der Waals surface area contributed by atoms with E-state index in [9.17, 15) is 0 Å². The van der Waals surface area contributed by atoms with Crippen LogP contribution < -0.4 is 0 Å². The predicted octanol–water partition coefficient (Wildman–Crippen LogP) is 3.19. The number of hydrogen-bond acceptors (Lipinski definition) is 3. The fourth-order valence-electron chi connectivity index (χ4n) is 3.70. The molecule has 6 rings (SSSR count). The summed E-state index contributed by atoms with van der Waals surface area (Å²) >= 11 is 0. The van der Waals surface area contributed by atoms with E-state index in [2.05, 4.69) is 51.2 Å². The van der Waals surface area contributed by atoms with Gasteiger partial charge in [-0.05, 0) is 34.2 Å². The van der Waals surface area contributed by atoms with E-state index in [1.54, 1.807) is 12.3 Å². The van der Waals surface area contributed by atoms with Gasteiger partial charge in [-0.3, -0.25) is 9.98 Å². The first-order valence-corrected chi connectivity index (χ1v) is 7.04. The third kappa shape index (κ3) is 1.31. The summed E-state index contributed by atoms with van der Waals surface area (Å²) in [7, 11) is 0. The van der Waals surface area contributed by atoms with E-state index in [1.165, 1.54) is 22.3 Å². The molecule has 0 N–H and O–H groups in total. The number of allylic oxidation sites excluding steroid dienone is 3. The minimum Gasteiger partial charge on any atom is -0.264 e. The monoisotopic (exact) mass is 269 g/mol. The quantitative estimate of drug-likeness (QED) is 0.723. The van der Waals surface area contributed by atoms with E-state index in [0.717, 1.165) is 11.4 Å². The van der Waals surface area contributed by atoms with Crippen LogP contribution in [0.3, 0.4) is 0 Å². The number of aromatic nitrogens is 1. The molecule has 2 heterocycles. The van der Waals surface area contributed by atoms with Crippen molar-refractivity contribution >= 4 is 12.1 Å². The molecule has 1 aromatic heterocycles. The lowest BCUT2D eigenvalue weighted by molar-refractivity contribution is 0.710. The summed E-state index contributed by atoms with van der Waals surface area (Å²) < 4.78 is 0. The van der Waals surface area contributed by atoms with Crippen LogP contribution >= 0.6 is 0 Å². The minimum atomic E-state index is 0.137. The molecule has 0 saturated heterocycles. The summed E-state index contributed by atoms with van der Waals surface area (Å²) in [4.78, 5) is 13.5. The molecule has 98 valence electrons. The van der Waals surface area contributed by atoms with Crippen LogP contribution in [0.15, 0.2) is 70.2 Å². The highest BCUT2D eigenvalue weighted by atomic mass is 14.9. The van der Waals surface area contributed by atoms with E-state index in [4.69, 9.17) is 0 Å². The maximum atomic E-state index is 4.64. The zero-order valence-electron chi connectivity index (χ0n) is 11.2.